The zero-order chi connectivity index (χ0) is 18.3. The highest BCUT2D eigenvalue weighted by molar-refractivity contribution is 9.10. The minimum atomic E-state index is -0.415. The highest BCUT2D eigenvalue weighted by Gasteiger charge is 2.18. The molecule has 4 aromatic rings. The van der Waals surface area contributed by atoms with Gasteiger partial charge in [0, 0.05) is 12.3 Å². The van der Waals surface area contributed by atoms with E-state index in [4.69, 9.17) is 4.42 Å². The van der Waals surface area contributed by atoms with Crippen LogP contribution < -0.4 is 5.63 Å². The van der Waals surface area contributed by atoms with Crippen molar-refractivity contribution in [2.24, 2.45) is 0 Å². The number of nitrogens with zero attached hydrogens (tertiary/aromatic N) is 4. The van der Waals surface area contributed by atoms with E-state index in [9.17, 15) is 4.79 Å². The van der Waals surface area contributed by atoms with Crippen LogP contribution in [0.2, 0.25) is 0 Å². The molecule has 0 unspecified atom stereocenters. The minimum Gasteiger partial charge on any atom is -0.401 e. The van der Waals surface area contributed by atoms with Gasteiger partial charge in [-0.05, 0) is 52.5 Å². The number of benzene rings is 1. The number of hydrogen-bond donors (Lipinski definition) is 0. The van der Waals surface area contributed by atoms with Crippen molar-refractivity contribution >= 4 is 26.8 Å². The molecule has 3 aromatic heterocycles. The van der Waals surface area contributed by atoms with Gasteiger partial charge in [0.05, 0.1) is 10.9 Å². The number of hydrogen-bond acceptors (Lipinski definition) is 5. The van der Waals surface area contributed by atoms with Gasteiger partial charge in [-0.3, -0.25) is 0 Å². The molecule has 3 heterocycles. The van der Waals surface area contributed by atoms with Crippen LogP contribution >= 0.6 is 15.9 Å². The summed E-state index contributed by atoms with van der Waals surface area (Å²) in [6.07, 6.45) is 2.47. The van der Waals surface area contributed by atoms with E-state index in [1.807, 2.05) is 38.1 Å². The normalized spacial score (nSPS) is 11.2. The average Bonchev–Trinajstić information content (AvgIpc) is 3.03. The summed E-state index contributed by atoms with van der Waals surface area (Å²) < 4.78 is 7.75. The lowest BCUT2D eigenvalue weighted by molar-refractivity contribution is 0.513. The number of aryl methyl sites for hydroxylation is 2. The highest BCUT2D eigenvalue weighted by Crippen LogP contribution is 2.26. The highest BCUT2D eigenvalue weighted by atomic mass is 79.9. The summed E-state index contributed by atoms with van der Waals surface area (Å²) >= 11 is 3.39. The molecule has 0 aliphatic carbocycles. The molecule has 4 rings (SSSR count). The van der Waals surface area contributed by atoms with E-state index >= 15 is 0 Å². The second kappa shape index (κ2) is 6.49. The van der Waals surface area contributed by atoms with Gasteiger partial charge in [0.2, 0.25) is 5.89 Å². The fraction of sp³-hybridized carbons (Fsp3) is 0.158. The molecule has 26 heavy (non-hydrogen) atoms. The predicted molar refractivity (Wildman–Crippen MR) is 102 cm³/mol. The maximum Gasteiger partial charge on any atom is 0.347 e. The van der Waals surface area contributed by atoms with Gasteiger partial charge >= 0.3 is 5.63 Å². The number of halogens is 1. The summed E-state index contributed by atoms with van der Waals surface area (Å²) in [5, 5.41) is 4.92. The van der Waals surface area contributed by atoms with Gasteiger partial charge in [0.15, 0.2) is 5.82 Å². The summed E-state index contributed by atoms with van der Waals surface area (Å²) in [5.74, 6) is 0.869. The molecule has 0 aliphatic rings. The van der Waals surface area contributed by atoms with Crippen molar-refractivity contribution in [1.29, 1.82) is 0 Å². The summed E-state index contributed by atoms with van der Waals surface area (Å²) in [7, 11) is 0. The Morgan fingerprint density at radius 3 is 2.85 bits per heavy atom. The van der Waals surface area contributed by atoms with Gasteiger partial charge in [0.25, 0.3) is 0 Å². The first-order chi connectivity index (χ1) is 12.6. The van der Waals surface area contributed by atoms with Crippen molar-refractivity contribution in [2.45, 2.75) is 20.3 Å². The molecule has 0 saturated heterocycles. The average molecular weight is 411 g/mol. The predicted octanol–water partition coefficient (Wildman–Crippen LogP) is 4.07. The van der Waals surface area contributed by atoms with Crippen LogP contribution in [0.3, 0.4) is 0 Å². The van der Waals surface area contributed by atoms with E-state index < -0.39 is 5.63 Å². The van der Waals surface area contributed by atoms with Crippen LogP contribution in [0.15, 0.2) is 56.4 Å². The molecule has 0 N–H and O–H groups in total. The summed E-state index contributed by atoms with van der Waals surface area (Å²) in [6, 6.07) is 11.1. The van der Waals surface area contributed by atoms with E-state index in [0.717, 1.165) is 17.5 Å². The molecule has 0 atom stereocenters. The van der Waals surface area contributed by atoms with E-state index in [1.54, 1.807) is 23.0 Å². The van der Waals surface area contributed by atoms with Crippen molar-refractivity contribution in [2.75, 3.05) is 0 Å². The Bertz CT molecular complexity index is 1180. The summed E-state index contributed by atoms with van der Waals surface area (Å²) in [4.78, 5) is 21.5. The monoisotopic (exact) mass is 410 g/mol. The van der Waals surface area contributed by atoms with Gasteiger partial charge in [-0.1, -0.05) is 25.1 Å². The van der Waals surface area contributed by atoms with Crippen LogP contribution in [0.1, 0.15) is 18.1 Å². The van der Waals surface area contributed by atoms with Gasteiger partial charge < -0.3 is 4.42 Å². The molecule has 0 radical (unpaired) electrons. The van der Waals surface area contributed by atoms with Gasteiger partial charge in [-0.15, -0.1) is 0 Å². The maximum absolute atomic E-state index is 12.5. The molecule has 0 saturated carbocycles. The lowest BCUT2D eigenvalue weighted by Gasteiger charge is -2.09. The Morgan fingerprint density at radius 1 is 1.23 bits per heavy atom. The van der Waals surface area contributed by atoms with Crippen LogP contribution in [0.25, 0.3) is 28.3 Å². The van der Waals surface area contributed by atoms with Gasteiger partial charge in [0.1, 0.15) is 10.3 Å². The molecule has 7 heteroatoms. The topological polar surface area (TPSA) is 73.8 Å². The Morgan fingerprint density at radius 2 is 2.08 bits per heavy atom. The largest absolute Gasteiger partial charge is 0.401 e. The van der Waals surface area contributed by atoms with Crippen LogP contribution in [0.5, 0.6) is 0 Å². The summed E-state index contributed by atoms with van der Waals surface area (Å²) in [6.45, 7) is 3.98. The van der Waals surface area contributed by atoms with E-state index in [2.05, 4.69) is 31.0 Å². The second-order valence-corrected chi connectivity index (χ2v) is 6.69. The third kappa shape index (κ3) is 2.74. The number of rotatable bonds is 3. The van der Waals surface area contributed by atoms with Gasteiger partial charge in [-0.25, -0.2) is 19.4 Å². The molecule has 130 valence electrons. The quantitative estimate of drug-likeness (QED) is 0.508. The fourth-order valence-corrected chi connectivity index (χ4v) is 3.29. The lowest BCUT2D eigenvalue weighted by atomic mass is 10.1. The van der Waals surface area contributed by atoms with Crippen LogP contribution in [0, 0.1) is 6.92 Å². The van der Waals surface area contributed by atoms with E-state index in [-0.39, 0.29) is 5.89 Å². The molecule has 0 fully saturated rings. The van der Waals surface area contributed by atoms with Crippen LogP contribution in [0.4, 0.5) is 0 Å². The Hall–Kier alpha value is -2.80. The van der Waals surface area contributed by atoms with Crippen LogP contribution in [-0.4, -0.2) is 19.7 Å². The van der Waals surface area contributed by atoms with Crippen LogP contribution in [-0.2, 0) is 6.42 Å². The lowest BCUT2D eigenvalue weighted by Crippen LogP contribution is -2.08. The minimum absolute atomic E-state index is 0.214. The Balaban J connectivity index is 2.00. The smallest absolute Gasteiger partial charge is 0.347 e. The standard InChI is InChI=1S/C19H15BrN4O2/c1-3-12-7-4-8-13-16(12)22-18(26-19(13)25)14-10-15(20)23-24(14)17-11(2)6-5-9-21-17/h4-10H,3H2,1-2H3. The SMILES string of the molecule is CCc1cccc2c(=O)oc(-c3cc(Br)nn3-c3ncccc3C)nc12. The first kappa shape index (κ1) is 16.7. The third-order valence-corrected chi connectivity index (χ3v) is 4.59. The molecule has 0 bridgehead atoms. The Labute approximate surface area is 157 Å². The number of fused-ring (bicyclic) bond motifs is 1. The third-order valence-electron chi connectivity index (χ3n) is 4.20. The number of pyridine rings is 1. The van der Waals surface area contributed by atoms with Crippen molar-refractivity contribution < 1.29 is 4.42 Å². The molecular weight excluding hydrogens is 396 g/mol. The molecule has 1 aromatic carbocycles. The number of aromatic nitrogens is 4. The zero-order valence-electron chi connectivity index (χ0n) is 14.2. The van der Waals surface area contributed by atoms with Crippen molar-refractivity contribution in [3.8, 4) is 17.4 Å². The fourth-order valence-electron chi connectivity index (χ4n) is 2.92. The van der Waals surface area contributed by atoms with Crippen molar-refractivity contribution in [1.82, 2.24) is 19.7 Å². The van der Waals surface area contributed by atoms with E-state index in [1.165, 1.54) is 0 Å². The Kier molecular flexibility index (Phi) is 4.16. The van der Waals surface area contributed by atoms with Crippen molar-refractivity contribution in [3.05, 3.63) is 68.7 Å². The molecule has 6 nitrogen and oxygen atoms in total. The van der Waals surface area contributed by atoms with Crippen molar-refractivity contribution in [3.63, 3.8) is 0 Å². The molecule has 0 amide bonds. The number of para-hydroxylation sites is 1. The first-order valence-corrected chi connectivity index (χ1v) is 8.98. The molecule has 0 spiro atoms. The maximum atomic E-state index is 12.5. The first-order valence-electron chi connectivity index (χ1n) is 8.19. The van der Waals surface area contributed by atoms with E-state index in [0.29, 0.717) is 27.0 Å². The molecule has 0 aliphatic heterocycles. The molecular formula is C19H15BrN4O2. The zero-order valence-corrected chi connectivity index (χ0v) is 15.8. The second-order valence-electron chi connectivity index (χ2n) is 5.88. The van der Waals surface area contributed by atoms with Gasteiger partial charge in [-0.2, -0.15) is 5.10 Å². The summed E-state index contributed by atoms with van der Waals surface area (Å²) in [5.41, 5.74) is 2.74.